The van der Waals surface area contributed by atoms with Crippen molar-refractivity contribution in [1.82, 2.24) is 4.98 Å². The quantitative estimate of drug-likeness (QED) is 0.583. The van der Waals surface area contributed by atoms with Crippen molar-refractivity contribution in [1.29, 1.82) is 0 Å². The molecular formula is C14H17N3O4S2. The maximum absolute atomic E-state index is 11.8. The highest BCUT2D eigenvalue weighted by molar-refractivity contribution is 7.90. The fraction of sp³-hybridized carbons (Fsp3) is 0.357. The third-order valence-corrected chi connectivity index (χ3v) is 5.40. The topological polar surface area (TPSA) is 93.4 Å². The average Bonchev–Trinajstić information content (AvgIpc) is 2.88. The lowest BCUT2D eigenvalue weighted by molar-refractivity contribution is -0.387. The van der Waals surface area contributed by atoms with Crippen LogP contribution in [0.15, 0.2) is 29.3 Å². The molecule has 0 N–H and O–H groups in total. The largest absolute Gasteiger partial charge is 0.369 e. The Hall–Kier alpha value is -2.00. The number of hydrogen-bond acceptors (Lipinski definition) is 7. The number of hydrogen-bond donors (Lipinski definition) is 0. The molecule has 0 fully saturated rings. The molecule has 0 saturated heterocycles. The lowest BCUT2D eigenvalue weighted by Crippen LogP contribution is -2.22. The Morgan fingerprint density at radius 2 is 2.09 bits per heavy atom. The smallest absolute Gasteiger partial charge is 0.311 e. The third kappa shape index (κ3) is 4.05. The molecule has 0 spiro atoms. The van der Waals surface area contributed by atoms with Crippen LogP contribution in [-0.2, 0) is 16.3 Å². The second-order valence-corrected chi connectivity index (χ2v) is 8.49. The molecule has 2 aromatic rings. The Bertz CT molecular complexity index is 830. The van der Waals surface area contributed by atoms with Crippen molar-refractivity contribution >= 4 is 32.5 Å². The molecule has 1 heterocycles. The van der Waals surface area contributed by atoms with E-state index in [-0.39, 0.29) is 16.3 Å². The highest BCUT2D eigenvalue weighted by Gasteiger charge is 2.27. The van der Waals surface area contributed by atoms with Gasteiger partial charge in [-0.1, -0.05) is 6.07 Å². The Balaban J connectivity index is 2.32. The van der Waals surface area contributed by atoms with Gasteiger partial charge < -0.3 is 4.90 Å². The minimum atomic E-state index is -3.68. The van der Waals surface area contributed by atoms with Gasteiger partial charge in [0.25, 0.3) is 0 Å². The number of likely N-dealkylation sites (N-methyl/N-ethyl adjacent to an activating group) is 1. The Morgan fingerprint density at radius 3 is 2.61 bits per heavy atom. The van der Waals surface area contributed by atoms with Crippen molar-refractivity contribution in [2.75, 3.05) is 24.7 Å². The summed E-state index contributed by atoms with van der Waals surface area (Å²) in [7, 11) is -1.97. The molecule has 0 aliphatic heterocycles. The van der Waals surface area contributed by atoms with E-state index in [1.54, 1.807) is 35.5 Å². The first kappa shape index (κ1) is 17.4. The summed E-state index contributed by atoms with van der Waals surface area (Å²) in [5.41, 5.74) is -0.0981. The summed E-state index contributed by atoms with van der Waals surface area (Å²) in [6, 6.07) is 4.33. The van der Waals surface area contributed by atoms with Crippen molar-refractivity contribution in [3.05, 3.63) is 44.4 Å². The zero-order chi connectivity index (χ0) is 17.2. The number of nitrogens with zero attached hydrogens (tertiary/aromatic N) is 3. The molecule has 0 saturated carbocycles. The first-order valence-electron chi connectivity index (χ1n) is 6.80. The van der Waals surface area contributed by atoms with Crippen LogP contribution >= 0.6 is 11.3 Å². The van der Waals surface area contributed by atoms with E-state index >= 15 is 0 Å². The number of thiazole rings is 1. The van der Waals surface area contributed by atoms with Gasteiger partial charge in [-0.25, -0.2) is 13.4 Å². The van der Waals surface area contributed by atoms with E-state index < -0.39 is 14.8 Å². The third-order valence-electron chi connectivity index (χ3n) is 3.30. The summed E-state index contributed by atoms with van der Waals surface area (Å²) in [5, 5.41) is 12.3. The molecule has 0 unspecified atom stereocenters. The first-order chi connectivity index (χ1) is 10.7. The van der Waals surface area contributed by atoms with Crippen molar-refractivity contribution < 1.29 is 13.3 Å². The Morgan fingerprint density at radius 1 is 1.39 bits per heavy atom. The van der Waals surface area contributed by atoms with Crippen LogP contribution in [0, 0.1) is 17.0 Å². The second kappa shape index (κ2) is 6.63. The van der Waals surface area contributed by atoms with Gasteiger partial charge in [-0.2, -0.15) is 0 Å². The van der Waals surface area contributed by atoms with Crippen LogP contribution in [-0.4, -0.2) is 38.2 Å². The van der Waals surface area contributed by atoms with Gasteiger partial charge in [0.2, 0.25) is 0 Å². The van der Waals surface area contributed by atoms with Gasteiger partial charge in [-0.3, -0.25) is 10.1 Å². The number of nitro groups is 1. The van der Waals surface area contributed by atoms with Crippen LogP contribution in [0.5, 0.6) is 0 Å². The van der Waals surface area contributed by atoms with E-state index in [4.69, 9.17) is 0 Å². The predicted octanol–water partition coefficient (Wildman–Crippen LogP) is 2.44. The van der Waals surface area contributed by atoms with E-state index in [0.29, 0.717) is 13.0 Å². The molecule has 0 radical (unpaired) electrons. The van der Waals surface area contributed by atoms with Gasteiger partial charge in [-0.15, -0.1) is 11.3 Å². The number of sulfone groups is 1. The highest BCUT2D eigenvalue weighted by Crippen LogP contribution is 2.34. The van der Waals surface area contributed by atoms with Crippen molar-refractivity contribution in [3.8, 4) is 0 Å². The molecule has 0 aliphatic rings. The molecule has 0 amide bonds. The summed E-state index contributed by atoms with van der Waals surface area (Å²) in [6.45, 7) is 2.46. The molecular weight excluding hydrogens is 338 g/mol. The zero-order valence-electron chi connectivity index (χ0n) is 13.0. The van der Waals surface area contributed by atoms with Crippen molar-refractivity contribution in [2.45, 2.75) is 18.2 Å². The number of aryl methyl sites for hydroxylation is 1. The molecule has 0 aliphatic carbocycles. The van der Waals surface area contributed by atoms with Gasteiger partial charge in [0, 0.05) is 37.3 Å². The number of aromatic nitrogens is 1. The maximum atomic E-state index is 11.8. The summed E-state index contributed by atoms with van der Waals surface area (Å²) < 4.78 is 23.6. The van der Waals surface area contributed by atoms with E-state index in [2.05, 4.69) is 4.98 Å². The molecule has 0 bridgehead atoms. The number of rotatable bonds is 6. The summed E-state index contributed by atoms with van der Waals surface area (Å²) in [5.74, 6) is 0. The van der Waals surface area contributed by atoms with E-state index in [0.717, 1.165) is 16.1 Å². The monoisotopic (exact) mass is 355 g/mol. The molecule has 7 nitrogen and oxygen atoms in total. The Kier molecular flexibility index (Phi) is 5.00. The average molecular weight is 355 g/mol. The molecule has 0 atom stereocenters. The normalized spacial score (nSPS) is 11.4. The fourth-order valence-corrected chi connectivity index (χ4v) is 3.83. The fourth-order valence-electron chi connectivity index (χ4n) is 2.20. The summed E-state index contributed by atoms with van der Waals surface area (Å²) in [4.78, 5) is 17.5. The summed E-state index contributed by atoms with van der Waals surface area (Å²) in [6.07, 6.45) is 3.39. The van der Waals surface area contributed by atoms with Crippen molar-refractivity contribution in [3.63, 3.8) is 0 Å². The van der Waals surface area contributed by atoms with Gasteiger partial charge in [0.15, 0.2) is 9.84 Å². The van der Waals surface area contributed by atoms with Crippen LogP contribution in [0.2, 0.25) is 0 Å². The van der Waals surface area contributed by atoms with Gasteiger partial charge in [0.1, 0.15) is 10.6 Å². The SMILES string of the molecule is Cc1cnc(CCN(C)c2cccc(S(C)(=O)=O)c2[N+](=O)[O-])s1. The van der Waals surface area contributed by atoms with Gasteiger partial charge in [-0.05, 0) is 19.1 Å². The predicted molar refractivity (Wildman–Crippen MR) is 90.0 cm³/mol. The molecule has 1 aromatic heterocycles. The number of benzene rings is 1. The van der Waals surface area contributed by atoms with E-state index in [1.165, 1.54) is 12.1 Å². The van der Waals surface area contributed by atoms with Crippen LogP contribution in [0.4, 0.5) is 11.4 Å². The van der Waals surface area contributed by atoms with E-state index in [9.17, 15) is 18.5 Å². The number of nitro benzene ring substituents is 1. The maximum Gasteiger partial charge on any atom is 0.311 e. The lowest BCUT2D eigenvalue weighted by atomic mass is 10.2. The molecule has 124 valence electrons. The van der Waals surface area contributed by atoms with Crippen LogP contribution in [0.1, 0.15) is 9.88 Å². The number of para-hydroxylation sites is 1. The van der Waals surface area contributed by atoms with Crippen LogP contribution in [0.25, 0.3) is 0 Å². The van der Waals surface area contributed by atoms with Crippen LogP contribution < -0.4 is 4.90 Å². The zero-order valence-corrected chi connectivity index (χ0v) is 14.6. The van der Waals surface area contributed by atoms with Crippen molar-refractivity contribution in [2.24, 2.45) is 0 Å². The molecule has 1 aromatic carbocycles. The standard InChI is InChI=1S/C14H17N3O4S2/c1-10-9-15-13(22-10)7-8-16(2)11-5-4-6-12(23(3,20)21)14(11)17(18)19/h4-6,9H,7-8H2,1-3H3. The molecule has 23 heavy (non-hydrogen) atoms. The van der Waals surface area contributed by atoms with Crippen LogP contribution in [0.3, 0.4) is 0 Å². The lowest BCUT2D eigenvalue weighted by Gasteiger charge is -2.19. The van der Waals surface area contributed by atoms with Gasteiger partial charge >= 0.3 is 5.69 Å². The second-order valence-electron chi connectivity index (χ2n) is 5.19. The van der Waals surface area contributed by atoms with E-state index in [1.807, 2.05) is 6.92 Å². The minimum absolute atomic E-state index is 0.267. The molecule has 2 rings (SSSR count). The molecule has 9 heteroatoms. The highest BCUT2D eigenvalue weighted by atomic mass is 32.2. The number of anilines is 1. The Labute approximate surface area is 138 Å². The van der Waals surface area contributed by atoms with Gasteiger partial charge in [0.05, 0.1) is 9.93 Å². The first-order valence-corrected chi connectivity index (χ1v) is 9.51. The minimum Gasteiger partial charge on any atom is -0.369 e. The summed E-state index contributed by atoms with van der Waals surface area (Å²) >= 11 is 1.58.